The molecule has 152 valence electrons. The lowest BCUT2D eigenvalue weighted by atomic mass is 9.97. The van der Waals surface area contributed by atoms with Gasteiger partial charge in [-0.1, -0.05) is 11.6 Å². The zero-order valence-electron chi connectivity index (χ0n) is 17.0. The summed E-state index contributed by atoms with van der Waals surface area (Å²) in [6.45, 7) is 2.99. The molecule has 1 aliphatic carbocycles. The fraction of sp³-hybridized carbons (Fsp3) is 0.417. The van der Waals surface area contributed by atoms with E-state index in [0.29, 0.717) is 12.1 Å². The van der Waals surface area contributed by atoms with Crippen LogP contribution in [0.15, 0.2) is 54.2 Å². The molecule has 4 rings (SSSR count). The maximum absolute atomic E-state index is 12.3. The van der Waals surface area contributed by atoms with E-state index in [2.05, 4.69) is 50.9 Å². The molecule has 1 saturated heterocycles. The van der Waals surface area contributed by atoms with E-state index in [0.717, 1.165) is 31.0 Å². The van der Waals surface area contributed by atoms with Gasteiger partial charge in [-0.3, -0.25) is 4.79 Å². The van der Waals surface area contributed by atoms with Crippen molar-refractivity contribution in [3.05, 3.63) is 59.8 Å². The molecule has 1 fully saturated rings. The number of carbonyl (C=O) groups is 1. The second kappa shape index (κ2) is 9.59. The van der Waals surface area contributed by atoms with E-state index in [1.807, 2.05) is 12.1 Å². The monoisotopic (exact) mass is 390 g/mol. The van der Waals surface area contributed by atoms with Gasteiger partial charge in [0.15, 0.2) is 0 Å². The van der Waals surface area contributed by atoms with Crippen LogP contribution in [-0.4, -0.2) is 30.5 Å². The predicted octanol–water partition coefficient (Wildman–Crippen LogP) is 5.05. The van der Waals surface area contributed by atoms with Gasteiger partial charge >= 0.3 is 0 Å². The average molecular weight is 391 g/mol. The highest BCUT2D eigenvalue weighted by atomic mass is 16.1. The lowest BCUT2D eigenvalue weighted by Gasteiger charge is -2.17. The van der Waals surface area contributed by atoms with Crippen molar-refractivity contribution in [2.24, 2.45) is 0 Å². The number of nitrogens with one attached hydrogen (secondary N) is 2. The van der Waals surface area contributed by atoms with Crippen molar-refractivity contribution < 1.29 is 4.79 Å². The molecule has 1 aromatic carbocycles. The van der Waals surface area contributed by atoms with E-state index in [1.54, 1.807) is 6.20 Å². The topological polar surface area (TPSA) is 57.3 Å². The van der Waals surface area contributed by atoms with Crippen molar-refractivity contribution in [2.45, 2.75) is 44.9 Å². The third kappa shape index (κ3) is 5.37. The van der Waals surface area contributed by atoms with Gasteiger partial charge < -0.3 is 15.5 Å². The van der Waals surface area contributed by atoms with E-state index in [9.17, 15) is 4.79 Å². The smallest absolute Gasteiger partial charge is 0.252 e. The largest absolute Gasteiger partial charge is 0.372 e. The Morgan fingerprint density at radius 1 is 1.00 bits per heavy atom. The summed E-state index contributed by atoms with van der Waals surface area (Å²) in [5.41, 5.74) is 4.35. The molecule has 0 atom stereocenters. The van der Waals surface area contributed by atoms with Gasteiger partial charge in [-0.05, 0) is 81.3 Å². The Bertz CT molecular complexity index is 836. The Hall–Kier alpha value is -2.82. The lowest BCUT2D eigenvalue weighted by molar-refractivity contribution is 0.0953. The van der Waals surface area contributed by atoms with E-state index < -0.39 is 0 Å². The maximum atomic E-state index is 12.3. The van der Waals surface area contributed by atoms with E-state index in [4.69, 9.17) is 0 Å². The standard InChI is InChI=1S/C24H30N4O/c29-24(25-15-14-19-6-2-1-3-7-19)20-8-13-23(26-18-20)27-21-9-11-22(12-10-21)28-16-4-5-17-28/h6,8-13,18H,1-5,7,14-17H2,(H,25,29)(H,26,27). The Morgan fingerprint density at radius 3 is 2.52 bits per heavy atom. The van der Waals surface area contributed by atoms with Crippen LogP contribution in [0.1, 0.15) is 55.3 Å². The van der Waals surface area contributed by atoms with Crippen LogP contribution >= 0.6 is 0 Å². The van der Waals surface area contributed by atoms with E-state index >= 15 is 0 Å². The quantitative estimate of drug-likeness (QED) is 0.650. The summed E-state index contributed by atoms with van der Waals surface area (Å²) in [5, 5.41) is 6.31. The second-order valence-electron chi connectivity index (χ2n) is 7.91. The molecule has 2 aromatic rings. The SMILES string of the molecule is O=C(NCCC1=CCCCC1)c1ccc(Nc2ccc(N3CCCC3)cc2)nc1. The number of anilines is 3. The van der Waals surface area contributed by atoms with Gasteiger partial charge in [0.05, 0.1) is 5.56 Å². The molecule has 0 radical (unpaired) electrons. The van der Waals surface area contributed by atoms with Gasteiger partial charge in [-0.2, -0.15) is 0 Å². The third-order valence-electron chi connectivity index (χ3n) is 5.75. The summed E-state index contributed by atoms with van der Waals surface area (Å²) in [6.07, 6.45) is 12.4. The van der Waals surface area contributed by atoms with Gasteiger partial charge in [0.2, 0.25) is 0 Å². The van der Waals surface area contributed by atoms with Gasteiger partial charge in [-0.15, -0.1) is 0 Å². The fourth-order valence-corrected chi connectivity index (χ4v) is 4.05. The van der Waals surface area contributed by atoms with Gasteiger partial charge in [-0.25, -0.2) is 4.98 Å². The van der Waals surface area contributed by atoms with Gasteiger partial charge in [0.1, 0.15) is 5.82 Å². The summed E-state index contributed by atoms with van der Waals surface area (Å²) in [7, 11) is 0. The number of pyridine rings is 1. The minimum Gasteiger partial charge on any atom is -0.372 e. The van der Waals surface area contributed by atoms with Crippen LogP contribution in [0.25, 0.3) is 0 Å². The first-order chi connectivity index (χ1) is 14.3. The summed E-state index contributed by atoms with van der Waals surface area (Å²) in [6, 6.07) is 12.1. The molecule has 29 heavy (non-hydrogen) atoms. The molecule has 1 aliphatic heterocycles. The first-order valence-corrected chi connectivity index (χ1v) is 10.8. The van der Waals surface area contributed by atoms with Crippen LogP contribution in [0.3, 0.4) is 0 Å². The number of hydrogen-bond donors (Lipinski definition) is 2. The van der Waals surface area contributed by atoms with Gasteiger partial charge in [0.25, 0.3) is 5.91 Å². The predicted molar refractivity (Wildman–Crippen MR) is 119 cm³/mol. The number of allylic oxidation sites excluding steroid dienone is 1. The molecular formula is C24H30N4O. The van der Waals surface area contributed by atoms with Crippen LogP contribution < -0.4 is 15.5 Å². The zero-order chi connectivity index (χ0) is 19.9. The van der Waals surface area contributed by atoms with Crippen molar-refractivity contribution in [3.8, 4) is 0 Å². The number of aromatic nitrogens is 1. The molecule has 1 amide bonds. The minimum atomic E-state index is -0.0598. The Labute approximate surface area is 173 Å². The van der Waals surface area contributed by atoms with Crippen LogP contribution in [0.5, 0.6) is 0 Å². The second-order valence-corrected chi connectivity index (χ2v) is 7.91. The first kappa shape index (κ1) is 19.5. The number of rotatable bonds is 7. The maximum Gasteiger partial charge on any atom is 0.252 e. The Kier molecular flexibility index (Phi) is 6.45. The number of benzene rings is 1. The van der Waals surface area contributed by atoms with Crippen LogP contribution in [0.2, 0.25) is 0 Å². The molecule has 5 nitrogen and oxygen atoms in total. The lowest BCUT2D eigenvalue weighted by Crippen LogP contribution is -2.25. The summed E-state index contributed by atoms with van der Waals surface area (Å²) in [5.74, 6) is 0.679. The zero-order valence-corrected chi connectivity index (χ0v) is 17.0. The van der Waals surface area contributed by atoms with Crippen molar-refractivity contribution in [1.29, 1.82) is 0 Å². The average Bonchev–Trinajstić information content (AvgIpc) is 3.30. The number of nitrogens with zero attached hydrogens (tertiary/aromatic N) is 2. The summed E-state index contributed by atoms with van der Waals surface area (Å²) < 4.78 is 0. The summed E-state index contributed by atoms with van der Waals surface area (Å²) >= 11 is 0. The fourth-order valence-electron chi connectivity index (χ4n) is 4.05. The number of amides is 1. The molecule has 2 heterocycles. The number of carbonyl (C=O) groups excluding carboxylic acids is 1. The highest BCUT2D eigenvalue weighted by molar-refractivity contribution is 5.94. The van der Waals surface area contributed by atoms with Gasteiger partial charge in [0, 0.05) is 37.2 Å². The van der Waals surface area contributed by atoms with Crippen LogP contribution in [0, 0.1) is 0 Å². The first-order valence-electron chi connectivity index (χ1n) is 10.8. The molecule has 0 unspecified atom stereocenters. The summed E-state index contributed by atoms with van der Waals surface area (Å²) in [4.78, 5) is 19.1. The van der Waals surface area contributed by atoms with Crippen molar-refractivity contribution >= 4 is 23.1 Å². The van der Waals surface area contributed by atoms with Crippen molar-refractivity contribution in [1.82, 2.24) is 10.3 Å². The molecule has 0 bridgehead atoms. The molecule has 1 aromatic heterocycles. The molecule has 0 saturated carbocycles. The Morgan fingerprint density at radius 2 is 1.83 bits per heavy atom. The van der Waals surface area contributed by atoms with E-state index in [-0.39, 0.29) is 5.91 Å². The molecule has 0 spiro atoms. The Balaban J connectivity index is 1.27. The van der Waals surface area contributed by atoms with Crippen molar-refractivity contribution in [3.63, 3.8) is 0 Å². The van der Waals surface area contributed by atoms with Crippen molar-refractivity contribution in [2.75, 3.05) is 29.9 Å². The molecule has 2 aliphatic rings. The molecule has 2 N–H and O–H groups in total. The van der Waals surface area contributed by atoms with Crippen LogP contribution in [0.4, 0.5) is 17.2 Å². The van der Waals surface area contributed by atoms with Crippen LogP contribution in [-0.2, 0) is 0 Å². The molecular weight excluding hydrogens is 360 g/mol. The van der Waals surface area contributed by atoms with E-state index in [1.165, 1.54) is 49.8 Å². The highest BCUT2D eigenvalue weighted by Gasteiger charge is 2.12. The normalized spacial score (nSPS) is 16.4. The minimum absolute atomic E-state index is 0.0598. The highest BCUT2D eigenvalue weighted by Crippen LogP contribution is 2.23. The number of hydrogen-bond acceptors (Lipinski definition) is 4. The third-order valence-corrected chi connectivity index (χ3v) is 5.75. The molecule has 5 heteroatoms.